The number of nitrogens with zero attached hydrogens (tertiary/aromatic N) is 5. The molecule has 0 aromatic carbocycles. The fourth-order valence-corrected chi connectivity index (χ4v) is 1.20. The maximum Gasteiger partial charge on any atom is 0.323 e. The first kappa shape index (κ1) is 11.4. The number of tetrazole rings is 1. The second kappa shape index (κ2) is 3.84. The van der Waals surface area contributed by atoms with Gasteiger partial charge in [-0.05, 0) is 31.2 Å². The van der Waals surface area contributed by atoms with Crippen LogP contribution in [0.4, 0.5) is 5.95 Å². The predicted molar refractivity (Wildman–Crippen MR) is 53.5 cm³/mol. The molecule has 84 valence electrons. The normalized spacial score (nSPS) is 11.5. The van der Waals surface area contributed by atoms with E-state index in [1.54, 1.807) is 11.9 Å². The Labute approximate surface area is 87.7 Å². The lowest BCUT2D eigenvalue weighted by Crippen LogP contribution is -2.46. The van der Waals surface area contributed by atoms with Crippen molar-refractivity contribution < 1.29 is 9.90 Å². The van der Waals surface area contributed by atoms with E-state index < -0.39 is 5.97 Å². The van der Waals surface area contributed by atoms with Crippen LogP contribution in [0.2, 0.25) is 0 Å². The van der Waals surface area contributed by atoms with Crippen LogP contribution in [-0.2, 0) is 11.8 Å². The molecule has 0 atom stereocenters. The topological polar surface area (TPSA) is 84.1 Å². The Balaban J connectivity index is 3.02. The Bertz CT molecular complexity index is 354. The smallest absolute Gasteiger partial charge is 0.323 e. The first-order chi connectivity index (χ1) is 6.82. The fraction of sp³-hybridized carbons (Fsp3) is 0.750. The molecule has 1 rings (SSSR count). The van der Waals surface area contributed by atoms with E-state index in [1.807, 2.05) is 20.8 Å². The Morgan fingerprint density at radius 3 is 2.47 bits per heavy atom. The number of hydrogen-bond acceptors (Lipinski definition) is 5. The van der Waals surface area contributed by atoms with Crippen LogP contribution in [0.5, 0.6) is 0 Å². The van der Waals surface area contributed by atoms with E-state index in [9.17, 15) is 4.79 Å². The number of anilines is 1. The molecule has 0 aliphatic carbocycles. The second-order valence-corrected chi connectivity index (χ2v) is 4.25. The van der Waals surface area contributed by atoms with Gasteiger partial charge in [-0.3, -0.25) is 4.79 Å². The molecule has 0 unspecified atom stereocenters. The van der Waals surface area contributed by atoms with Gasteiger partial charge < -0.3 is 10.0 Å². The van der Waals surface area contributed by atoms with Crippen molar-refractivity contribution in [2.75, 3.05) is 11.4 Å². The molecule has 0 aliphatic rings. The number of hydrogen-bond donors (Lipinski definition) is 1. The molecule has 0 saturated heterocycles. The maximum atomic E-state index is 10.7. The molecule has 1 N–H and O–H groups in total. The van der Waals surface area contributed by atoms with E-state index in [1.165, 1.54) is 4.68 Å². The third-order valence-electron chi connectivity index (χ3n) is 1.94. The lowest BCUT2D eigenvalue weighted by Gasteiger charge is -2.34. The average molecular weight is 213 g/mol. The average Bonchev–Trinajstić information content (AvgIpc) is 2.45. The van der Waals surface area contributed by atoms with Crippen molar-refractivity contribution in [3.63, 3.8) is 0 Å². The van der Waals surface area contributed by atoms with Crippen molar-refractivity contribution >= 4 is 11.9 Å². The number of carboxylic acid groups (broad SMARTS) is 1. The van der Waals surface area contributed by atoms with Crippen molar-refractivity contribution in [1.29, 1.82) is 0 Å². The first-order valence-corrected chi connectivity index (χ1v) is 4.54. The van der Waals surface area contributed by atoms with Gasteiger partial charge in [0, 0.05) is 12.6 Å². The van der Waals surface area contributed by atoms with Crippen LogP contribution in [0.15, 0.2) is 0 Å². The summed E-state index contributed by atoms with van der Waals surface area (Å²) in [7, 11) is 1.68. The second-order valence-electron chi connectivity index (χ2n) is 4.25. The summed E-state index contributed by atoms with van der Waals surface area (Å²) in [5, 5.41) is 19.8. The molecule has 0 fully saturated rings. The molecule has 0 spiro atoms. The Hall–Kier alpha value is -1.66. The molecule has 7 heteroatoms. The van der Waals surface area contributed by atoms with E-state index in [2.05, 4.69) is 15.5 Å². The minimum absolute atomic E-state index is 0.127. The van der Waals surface area contributed by atoms with Crippen molar-refractivity contribution in [1.82, 2.24) is 20.2 Å². The lowest BCUT2D eigenvalue weighted by molar-refractivity contribution is -0.135. The standard InChI is InChI=1S/C8H15N5O2/c1-8(2,3)13(5-6(14)15)7-9-10-11-12(7)4/h5H2,1-4H3,(H,14,15). The largest absolute Gasteiger partial charge is 0.480 e. The Morgan fingerprint density at radius 2 is 2.13 bits per heavy atom. The van der Waals surface area contributed by atoms with E-state index in [0.717, 1.165) is 0 Å². The zero-order chi connectivity index (χ0) is 11.6. The van der Waals surface area contributed by atoms with Gasteiger partial charge in [-0.2, -0.15) is 0 Å². The minimum atomic E-state index is -0.909. The van der Waals surface area contributed by atoms with E-state index in [4.69, 9.17) is 5.11 Å². The van der Waals surface area contributed by atoms with Crippen LogP contribution >= 0.6 is 0 Å². The zero-order valence-electron chi connectivity index (χ0n) is 9.30. The monoisotopic (exact) mass is 213 g/mol. The van der Waals surface area contributed by atoms with Crippen LogP contribution in [0.1, 0.15) is 20.8 Å². The highest BCUT2D eigenvalue weighted by Crippen LogP contribution is 2.19. The summed E-state index contributed by atoms with van der Waals surface area (Å²) < 4.78 is 1.45. The SMILES string of the molecule is Cn1nnnc1N(CC(=O)O)C(C)(C)C. The lowest BCUT2D eigenvalue weighted by atomic mass is 10.1. The molecule has 0 radical (unpaired) electrons. The molecule has 0 amide bonds. The summed E-state index contributed by atoms with van der Waals surface area (Å²) in [6, 6.07) is 0. The van der Waals surface area contributed by atoms with Crippen LogP contribution < -0.4 is 4.90 Å². The molecule has 7 nitrogen and oxygen atoms in total. The molecule has 1 heterocycles. The van der Waals surface area contributed by atoms with Crippen LogP contribution in [0.3, 0.4) is 0 Å². The van der Waals surface area contributed by atoms with Gasteiger partial charge in [-0.15, -0.1) is 0 Å². The molecular formula is C8H15N5O2. The van der Waals surface area contributed by atoms with Gasteiger partial charge in [0.05, 0.1) is 0 Å². The first-order valence-electron chi connectivity index (χ1n) is 4.54. The van der Waals surface area contributed by atoms with Gasteiger partial charge in [0.1, 0.15) is 6.54 Å². The van der Waals surface area contributed by atoms with Crippen molar-refractivity contribution in [2.45, 2.75) is 26.3 Å². The molecule has 0 bridgehead atoms. The molecular weight excluding hydrogens is 198 g/mol. The van der Waals surface area contributed by atoms with Gasteiger partial charge in [0.25, 0.3) is 0 Å². The highest BCUT2D eigenvalue weighted by Gasteiger charge is 2.27. The highest BCUT2D eigenvalue weighted by molar-refractivity contribution is 5.73. The van der Waals surface area contributed by atoms with E-state index >= 15 is 0 Å². The van der Waals surface area contributed by atoms with Gasteiger partial charge in [-0.1, -0.05) is 5.10 Å². The summed E-state index contributed by atoms with van der Waals surface area (Å²) in [4.78, 5) is 12.4. The minimum Gasteiger partial charge on any atom is -0.480 e. The Morgan fingerprint density at radius 1 is 1.53 bits per heavy atom. The van der Waals surface area contributed by atoms with Crippen molar-refractivity contribution in [3.05, 3.63) is 0 Å². The van der Waals surface area contributed by atoms with Gasteiger partial charge in [0.15, 0.2) is 0 Å². The van der Waals surface area contributed by atoms with Crippen LogP contribution in [0.25, 0.3) is 0 Å². The number of carbonyl (C=O) groups is 1. The van der Waals surface area contributed by atoms with E-state index in [0.29, 0.717) is 5.95 Å². The molecule has 1 aromatic rings. The molecule has 15 heavy (non-hydrogen) atoms. The van der Waals surface area contributed by atoms with E-state index in [-0.39, 0.29) is 12.1 Å². The highest BCUT2D eigenvalue weighted by atomic mass is 16.4. The quantitative estimate of drug-likeness (QED) is 0.754. The van der Waals surface area contributed by atoms with Crippen molar-refractivity contribution in [2.24, 2.45) is 7.05 Å². The van der Waals surface area contributed by atoms with Gasteiger partial charge in [-0.25, -0.2) is 4.68 Å². The predicted octanol–water partition coefficient (Wildman–Crippen LogP) is -0.100. The molecule has 0 saturated carbocycles. The van der Waals surface area contributed by atoms with Gasteiger partial charge >= 0.3 is 5.97 Å². The molecule has 1 aromatic heterocycles. The zero-order valence-corrected chi connectivity index (χ0v) is 9.30. The number of aryl methyl sites for hydroxylation is 1. The number of carboxylic acids is 1. The van der Waals surface area contributed by atoms with Crippen LogP contribution in [-0.4, -0.2) is 43.4 Å². The Kier molecular flexibility index (Phi) is 2.92. The third-order valence-corrected chi connectivity index (χ3v) is 1.94. The fourth-order valence-electron chi connectivity index (χ4n) is 1.20. The summed E-state index contributed by atoms with van der Waals surface area (Å²) in [6.45, 7) is 5.59. The van der Waals surface area contributed by atoms with Gasteiger partial charge in [0.2, 0.25) is 5.95 Å². The number of rotatable bonds is 3. The third kappa shape index (κ3) is 2.64. The van der Waals surface area contributed by atoms with Crippen LogP contribution in [0, 0.1) is 0 Å². The summed E-state index contributed by atoms with van der Waals surface area (Å²) in [5.74, 6) is -0.460. The number of aromatic nitrogens is 4. The summed E-state index contributed by atoms with van der Waals surface area (Å²) in [6.07, 6.45) is 0. The summed E-state index contributed by atoms with van der Waals surface area (Å²) in [5.41, 5.74) is -0.346. The summed E-state index contributed by atoms with van der Waals surface area (Å²) >= 11 is 0. The number of aliphatic carboxylic acids is 1. The van der Waals surface area contributed by atoms with Crippen molar-refractivity contribution in [3.8, 4) is 0 Å². The maximum absolute atomic E-state index is 10.7. The molecule has 0 aliphatic heterocycles.